The van der Waals surface area contributed by atoms with Gasteiger partial charge >= 0.3 is 0 Å². The van der Waals surface area contributed by atoms with Gasteiger partial charge in [0.1, 0.15) is 12.3 Å². The van der Waals surface area contributed by atoms with Crippen LogP contribution >= 0.6 is 0 Å². The molecular weight excluding hydrogens is 394 g/mol. The molecule has 2 aliphatic rings. The van der Waals surface area contributed by atoms with Crippen molar-refractivity contribution in [3.05, 3.63) is 47.2 Å². The van der Waals surface area contributed by atoms with Crippen LogP contribution in [0.4, 0.5) is 8.78 Å². The van der Waals surface area contributed by atoms with Crippen molar-refractivity contribution >= 4 is 11.6 Å². The van der Waals surface area contributed by atoms with E-state index in [-0.39, 0.29) is 18.3 Å². The third-order valence-corrected chi connectivity index (χ3v) is 4.42. The molecule has 1 atom stereocenters. The highest BCUT2D eigenvalue weighted by molar-refractivity contribution is 6.46. The first-order valence-electron chi connectivity index (χ1n) is 9.40. The first kappa shape index (κ1) is 23.1. The van der Waals surface area contributed by atoms with Gasteiger partial charge in [-0.3, -0.25) is 9.79 Å². The number of carbonyl (C=O) groups is 1. The largest absolute Gasteiger partial charge is 0.473 e. The molecule has 0 radical (unpaired) electrons. The van der Waals surface area contributed by atoms with Crippen LogP contribution in [-0.4, -0.2) is 69.3 Å². The van der Waals surface area contributed by atoms with Gasteiger partial charge in [0.15, 0.2) is 12.5 Å². The summed E-state index contributed by atoms with van der Waals surface area (Å²) < 4.78 is 30.0. The predicted octanol–water partition coefficient (Wildman–Crippen LogP) is 1.04. The number of amides is 1. The molecule has 0 spiro atoms. The molecule has 2 heterocycles. The van der Waals surface area contributed by atoms with Crippen LogP contribution in [0, 0.1) is 11.3 Å². The highest BCUT2D eigenvalue weighted by Crippen LogP contribution is 2.21. The van der Waals surface area contributed by atoms with Crippen molar-refractivity contribution in [1.82, 2.24) is 20.9 Å². The van der Waals surface area contributed by atoms with Crippen LogP contribution in [0.3, 0.4) is 0 Å². The number of nitrogens with zero attached hydrogens (tertiary/aromatic N) is 3. The van der Waals surface area contributed by atoms with Gasteiger partial charge in [0.25, 0.3) is 12.3 Å². The molecule has 0 bridgehead atoms. The highest BCUT2D eigenvalue weighted by Gasteiger charge is 2.24. The van der Waals surface area contributed by atoms with Crippen molar-refractivity contribution in [3.63, 3.8) is 0 Å². The van der Waals surface area contributed by atoms with E-state index in [1.165, 1.54) is 0 Å². The average Bonchev–Trinajstić information content (AvgIpc) is 2.71. The van der Waals surface area contributed by atoms with Crippen molar-refractivity contribution < 1.29 is 18.3 Å². The maximum atomic E-state index is 12.4. The molecule has 0 aromatic rings. The van der Waals surface area contributed by atoms with Gasteiger partial charge in [-0.05, 0) is 25.6 Å². The molecule has 0 fully saturated rings. The van der Waals surface area contributed by atoms with Gasteiger partial charge in [0, 0.05) is 43.7 Å². The molecule has 1 amide bonds. The molecule has 8 nitrogen and oxygen atoms in total. The zero-order valence-electron chi connectivity index (χ0n) is 17.2. The Morgan fingerprint density at radius 1 is 1.53 bits per heavy atom. The molecule has 3 N–H and O–H groups in total. The summed E-state index contributed by atoms with van der Waals surface area (Å²) in [5.74, 6) is 0.0130. The number of likely N-dealkylation sites (N-methyl/N-ethyl adjacent to an activating group) is 2. The van der Waals surface area contributed by atoms with E-state index < -0.39 is 18.9 Å². The summed E-state index contributed by atoms with van der Waals surface area (Å²) in [7, 11) is 3.55. The maximum absolute atomic E-state index is 12.4. The van der Waals surface area contributed by atoms with Crippen molar-refractivity contribution in [2.45, 2.75) is 19.4 Å². The molecule has 0 aliphatic carbocycles. The Morgan fingerprint density at radius 3 is 2.93 bits per heavy atom. The van der Waals surface area contributed by atoms with Crippen LogP contribution in [0.2, 0.25) is 0 Å². The van der Waals surface area contributed by atoms with Crippen molar-refractivity contribution in [1.29, 1.82) is 5.26 Å². The minimum atomic E-state index is -2.52. The van der Waals surface area contributed by atoms with Crippen LogP contribution in [-0.2, 0) is 9.53 Å². The van der Waals surface area contributed by atoms with Crippen molar-refractivity contribution in [2.24, 2.45) is 4.99 Å². The first-order valence-corrected chi connectivity index (χ1v) is 9.40. The predicted molar refractivity (Wildman–Crippen MR) is 110 cm³/mol. The van der Waals surface area contributed by atoms with Crippen LogP contribution in [0.5, 0.6) is 0 Å². The number of allylic oxidation sites excluding steroid dienone is 2. The zero-order chi connectivity index (χ0) is 22.1. The summed E-state index contributed by atoms with van der Waals surface area (Å²) >= 11 is 0. The van der Waals surface area contributed by atoms with Gasteiger partial charge in [-0.25, -0.2) is 8.78 Å². The third-order valence-electron chi connectivity index (χ3n) is 4.42. The Kier molecular flexibility index (Phi) is 8.55. The van der Waals surface area contributed by atoms with Gasteiger partial charge in [-0.2, -0.15) is 5.26 Å². The Bertz CT molecular complexity index is 839. The van der Waals surface area contributed by atoms with E-state index in [9.17, 15) is 13.6 Å². The second-order valence-corrected chi connectivity index (χ2v) is 6.76. The lowest BCUT2D eigenvalue weighted by Crippen LogP contribution is -2.40. The van der Waals surface area contributed by atoms with Crippen LogP contribution in [0.1, 0.15) is 6.92 Å². The number of alkyl halides is 2. The zero-order valence-corrected chi connectivity index (χ0v) is 17.2. The molecule has 2 aliphatic heterocycles. The SMILES string of the molecule is CNC1C=CN=C(C(=O)NCC#N)/C1=C/NCC1=CC(C)=C(OCC(F)F)N(C)C1. The second kappa shape index (κ2) is 11.1. The molecule has 0 saturated carbocycles. The molecule has 0 aromatic heterocycles. The number of rotatable bonds is 9. The number of hydrogen-bond acceptors (Lipinski definition) is 7. The molecule has 0 saturated heterocycles. The van der Waals surface area contributed by atoms with Gasteiger partial charge < -0.3 is 25.6 Å². The summed E-state index contributed by atoms with van der Waals surface area (Å²) in [5, 5.41) is 17.5. The summed E-state index contributed by atoms with van der Waals surface area (Å²) in [5.41, 5.74) is 2.67. The molecule has 10 heteroatoms. The number of halogens is 2. The summed E-state index contributed by atoms with van der Waals surface area (Å²) in [6.07, 6.45) is 4.47. The highest BCUT2D eigenvalue weighted by atomic mass is 19.3. The smallest absolute Gasteiger partial charge is 0.272 e. The lowest BCUT2D eigenvalue weighted by Gasteiger charge is -2.29. The Labute approximate surface area is 174 Å². The van der Waals surface area contributed by atoms with Crippen LogP contribution < -0.4 is 16.0 Å². The van der Waals surface area contributed by atoms with E-state index in [1.807, 2.05) is 25.1 Å². The lowest BCUT2D eigenvalue weighted by atomic mass is 10.00. The third kappa shape index (κ3) is 6.15. The summed E-state index contributed by atoms with van der Waals surface area (Å²) in [6, 6.07) is 1.66. The molecule has 2 rings (SSSR count). The van der Waals surface area contributed by atoms with E-state index in [0.29, 0.717) is 24.5 Å². The van der Waals surface area contributed by atoms with E-state index in [1.54, 1.807) is 31.4 Å². The Morgan fingerprint density at radius 2 is 2.30 bits per heavy atom. The van der Waals surface area contributed by atoms with E-state index in [2.05, 4.69) is 20.9 Å². The fraction of sp³-hybridized carbons (Fsp3) is 0.450. The standard InChI is InChI=1S/C20H26F2N6O2/c1-13-8-14(11-28(3)20(13)30-12-17(21)22)9-25-10-15-16(24-2)4-6-26-18(15)19(29)27-7-5-23/h4,6,8,10,16-17,24-25H,7,9,11-12H2,1-3H3,(H,27,29)/b15-10+. The fourth-order valence-corrected chi connectivity index (χ4v) is 3.19. The number of carbonyl (C=O) groups excluding carboxylic acids is 1. The lowest BCUT2D eigenvalue weighted by molar-refractivity contribution is -0.114. The quantitative estimate of drug-likeness (QED) is 0.482. The molecular formula is C20H26F2N6O2. The summed E-state index contributed by atoms with van der Waals surface area (Å²) in [4.78, 5) is 18.2. The molecule has 30 heavy (non-hydrogen) atoms. The number of aliphatic imine (C=N–C) groups is 1. The monoisotopic (exact) mass is 420 g/mol. The van der Waals surface area contributed by atoms with E-state index in [0.717, 1.165) is 11.1 Å². The summed E-state index contributed by atoms with van der Waals surface area (Å²) in [6.45, 7) is 2.07. The van der Waals surface area contributed by atoms with E-state index in [4.69, 9.17) is 10.00 Å². The van der Waals surface area contributed by atoms with Crippen LogP contribution in [0.15, 0.2) is 52.1 Å². The Hall–Kier alpha value is -3.19. The Balaban J connectivity index is 2.09. The number of ether oxygens (including phenoxy) is 1. The topological polar surface area (TPSA) is 102 Å². The second-order valence-electron chi connectivity index (χ2n) is 6.76. The first-order chi connectivity index (χ1) is 14.4. The van der Waals surface area contributed by atoms with Gasteiger partial charge in [0.2, 0.25) is 0 Å². The normalized spacial score (nSPS) is 20.1. The molecule has 0 aromatic carbocycles. The minimum absolute atomic E-state index is 0.104. The minimum Gasteiger partial charge on any atom is -0.473 e. The van der Waals surface area contributed by atoms with Crippen molar-refractivity contribution in [2.75, 3.05) is 40.3 Å². The van der Waals surface area contributed by atoms with Gasteiger partial charge in [0.05, 0.1) is 12.1 Å². The van der Waals surface area contributed by atoms with Crippen molar-refractivity contribution in [3.8, 4) is 6.07 Å². The molecule has 162 valence electrons. The van der Waals surface area contributed by atoms with Gasteiger partial charge in [-0.1, -0.05) is 6.08 Å². The number of hydrogen-bond donors (Lipinski definition) is 3. The maximum Gasteiger partial charge on any atom is 0.272 e. The fourth-order valence-electron chi connectivity index (χ4n) is 3.19. The average molecular weight is 420 g/mol. The molecule has 1 unspecified atom stereocenters. The van der Waals surface area contributed by atoms with Crippen LogP contribution in [0.25, 0.3) is 0 Å². The van der Waals surface area contributed by atoms with Gasteiger partial charge in [-0.15, -0.1) is 0 Å². The number of nitriles is 1. The number of nitrogens with one attached hydrogen (secondary N) is 3. The van der Waals surface area contributed by atoms with E-state index >= 15 is 0 Å².